The first-order chi connectivity index (χ1) is 8.03. The molecule has 2 fully saturated rings. The monoisotopic (exact) mass is 240 g/mol. The summed E-state index contributed by atoms with van der Waals surface area (Å²) in [6.07, 6.45) is 2.06. The molecule has 0 radical (unpaired) electrons. The standard InChI is InChI=1S/C13H24N2O2/c1-10(2)8-15-5-3-13(4-6-15)9-14-7-11(13)12(16)17/h10-11,14H,3-9H2,1-2H3,(H,16,17). The summed E-state index contributed by atoms with van der Waals surface area (Å²) >= 11 is 0. The van der Waals surface area contributed by atoms with Crippen molar-refractivity contribution in [2.24, 2.45) is 17.3 Å². The molecule has 17 heavy (non-hydrogen) atoms. The van der Waals surface area contributed by atoms with Gasteiger partial charge >= 0.3 is 5.97 Å². The van der Waals surface area contributed by atoms with Gasteiger partial charge in [0.25, 0.3) is 0 Å². The first-order valence-electron chi connectivity index (χ1n) is 6.69. The third kappa shape index (κ3) is 2.63. The van der Waals surface area contributed by atoms with Crippen molar-refractivity contribution in [1.29, 1.82) is 0 Å². The lowest BCUT2D eigenvalue weighted by Gasteiger charge is -2.41. The predicted octanol–water partition coefficient (Wildman–Crippen LogP) is 1.03. The fourth-order valence-corrected chi connectivity index (χ4v) is 3.38. The maximum Gasteiger partial charge on any atom is 0.308 e. The largest absolute Gasteiger partial charge is 0.481 e. The van der Waals surface area contributed by atoms with Crippen LogP contribution in [0.15, 0.2) is 0 Å². The Bertz CT molecular complexity index is 283. The molecule has 1 spiro atoms. The summed E-state index contributed by atoms with van der Waals surface area (Å²) in [6.45, 7) is 9.27. The van der Waals surface area contributed by atoms with Crippen molar-refractivity contribution < 1.29 is 9.90 Å². The molecule has 2 aliphatic heterocycles. The number of rotatable bonds is 3. The first kappa shape index (κ1) is 12.8. The predicted molar refractivity (Wildman–Crippen MR) is 66.9 cm³/mol. The molecule has 98 valence electrons. The van der Waals surface area contributed by atoms with E-state index in [1.165, 1.54) is 0 Å². The second kappa shape index (κ2) is 4.94. The second-order valence-corrected chi connectivity index (χ2v) is 6.08. The maximum atomic E-state index is 11.3. The van der Waals surface area contributed by atoms with Crippen LogP contribution >= 0.6 is 0 Å². The molecule has 2 saturated heterocycles. The molecule has 2 N–H and O–H groups in total. The van der Waals surface area contributed by atoms with Crippen molar-refractivity contribution >= 4 is 5.97 Å². The van der Waals surface area contributed by atoms with E-state index in [0.717, 1.165) is 39.0 Å². The minimum atomic E-state index is -0.618. The van der Waals surface area contributed by atoms with E-state index in [2.05, 4.69) is 24.1 Å². The zero-order chi connectivity index (χ0) is 12.5. The molecule has 0 aromatic rings. The van der Waals surface area contributed by atoms with Gasteiger partial charge in [-0.2, -0.15) is 0 Å². The van der Waals surface area contributed by atoms with E-state index in [4.69, 9.17) is 0 Å². The van der Waals surface area contributed by atoms with E-state index in [1.807, 2.05) is 0 Å². The molecule has 4 heteroatoms. The molecular formula is C13H24N2O2. The highest BCUT2D eigenvalue weighted by Crippen LogP contribution is 2.41. The van der Waals surface area contributed by atoms with Crippen LogP contribution in [-0.4, -0.2) is 48.7 Å². The Morgan fingerprint density at radius 2 is 2.12 bits per heavy atom. The topological polar surface area (TPSA) is 52.6 Å². The highest BCUT2D eigenvalue weighted by Gasteiger charge is 2.48. The van der Waals surface area contributed by atoms with Crippen molar-refractivity contribution in [3.63, 3.8) is 0 Å². The number of carboxylic acids is 1. The Morgan fingerprint density at radius 3 is 2.65 bits per heavy atom. The fraction of sp³-hybridized carbons (Fsp3) is 0.923. The summed E-state index contributed by atoms with van der Waals surface area (Å²) in [5.41, 5.74) is 0.0271. The highest BCUT2D eigenvalue weighted by molar-refractivity contribution is 5.72. The maximum absolute atomic E-state index is 11.3. The van der Waals surface area contributed by atoms with E-state index in [0.29, 0.717) is 12.5 Å². The van der Waals surface area contributed by atoms with Gasteiger partial charge in [0.2, 0.25) is 0 Å². The summed E-state index contributed by atoms with van der Waals surface area (Å²) in [7, 11) is 0. The lowest BCUT2D eigenvalue weighted by Crippen LogP contribution is -2.46. The molecule has 0 amide bonds. The van der Waals surface area contributed by atoms with Gasteiger partial charge in [-0.25, -0.2) is 0 Å². The van der Waals surface area contributed by atoms with Crippen molar-refractivity contribution in [2.45, 2.75) is 26.7 Å². The van der Waals surface area contributed by atoms with Crippen LogP contribution in [0, 0.1) is 17.3 Å². The normalized spacial score (nSPS) is 29.0. The minimum Gasteiger partial charge on any atom is -0.481 e. The molecule has 0 saturated carbocycles. The number of carbonyl (C=O) groups is 1. The lowest BCUT2D eigenvalue weighted by atomic mass is 9.71. The quantitative estimate of drug-likeness (QED) is 0.773. The molecule has 4 nitrogen and oxygen atoms in total. The molecule has 1 atom stereocenters. The van der Waals surface area contributed by atoms with Crippen molar-refractivity contribution in [3.05, 3.63) is 0 Å². The zero-order valence-electron chi connectivity index (χ0n) is 10.9. The number of likely N-dealkylation sites (tertiary alicyclic amines) is 1. The Balaban J connectivity index is 1.95. The van der Waals surface area contributed by atoms with Gasteiger partial charge in [0.15, 0.2) is 0 Å². The van der Waals surface area contributed by atoms with Gasteiger partial charge in [-0.3, -0.25) is 4.79 Å². The third-order valence-corrected chi connectivity index (χ3v) is 4.34. The van der Waals surface area contributed by atoms with E-state index in [-0.39, 0.29) is 11.3 Å². The van der Waals surface area contributed by atoms with Gasteiger partial charge in [0.05, 0.1) is 5.92 Å². The van der Waals surface area contributed by atoms with Crippen LogP contribution in [-0.2, 0) is 4.79 Å². The summed E-state index contributed by atoms with van der Waals surface area (Å²) in [5.74, 6) is -0.1000. The van der Waals surface area contributed by atoms with Crippen LogP contribution in [0.1, 0.15) is 26.7 Å². The van der Waals surface area contributed by atoms with E-state index < -0.39 is 5.97 Å². The van der Waals surface area contributed by atoms with Crippen molar-refractivity contribution in [1.82, 2.24) is 10.2 Å². The summed E-state index contributed by atoms with van der Waals surface area (Å²) in [6, 6.07) is 0. The summed E-state index contributed by atoms with van der Waals surface area (Å²) in [4.78, 5) is 13.8. The van der Waals surface area contributed by atoms with E-state index in [1.54, 1.807) is 0 Å². The molecule has 0 aromatic carbocycles. The van der Waals surface area contributed by atoms with Gasteiger partial charge in [0, 0.05) is 19.6 Å². The van der Waals surface area contributed by atoms with Gasteiger partial charge in [0.1, 0.15) is 0 Å². The number of hydrogen-bond donors (Lipinski definition) is 2. The number of hydrogen-bond acceptors (Lipinski definition) is 3. The molecular weight excluding hydrogens is 216 g/mol. The average Bonchev–Trinajstić information content (AvgIpc) is 2.65. The van der Waals surface area contributed by atoms with Crippen LogP contribution in [0.4, 0.5) is 0 Å². The average molecular weight is 240 g/mol. The van der Waals surface area contributed by atoms with E-state index in [9.17, 15) is 9.90 Å². The molecule has 2 heterocycles. The second-order valence-electron chi connectivity index (χ2n) is 6.08. The van der Waals surface area contributed by atoms with E-state index >= 15 is 0 Å². The summed E-state index contributed by atoms with van der Waals surface area (Å²) in [5, 5.41) is 12.6. The zero-order valence-corrected chi connectivity index (χ0v) is 10.9. The van der Waals surface area contributed by atoms with Crippen molar-refractivity contribution in [3.8, 4) is 0 Å². The number of piperidine rings is 1. The van der Waals surface area contributed by atoms with Gasteiger partial charge < -0.3 is 15.3 Å². The Morgan fingerprint density at radius 1 is 1.47 bits per heavy atom. The van der Waals surface area contributed by atoms with Gasteiger partial charge in [-0.1, -0.05) is 13.8 Å². The Kier molecular flexibility index (Phi) is 3.73. The molecule has 2 rings (SSSR count). The summed E-state index contributed by atoms with van der Waals surface area (Å²) < 4.78 is 0. The van der Waals surface area contributed by atoms with Crippen molar-refractivity contribution in [2.75, 3.05) is 32.7 Å². The molecule has 0 aromatic heterocycles. The third-order valence-electron chi connectivity index (χ3n) is 4.34. The fourth-order valence-electron chi connectivity index (χ4n) is 3.38. The molecule has 2 aliphatic rings. The number of aliphatic carboxylic acids is 1. The number of nitrogens with one attached hydrogen (secondary N) is 1. The molecule has 1 unspecified atom stereocenters. The van der Waals surface area contributed by atoms with Crippen LogP contribution in [0.2, 0.25) is 0 Å². The first-order valence-corrected chi connectivity index (χ1v) is 6.69. The Labute approximate surface area is 103 Å². The molecule has 0 bridgehead atoms. The number of carboxylic acid groups (broad SMARTS) is 1. The lowest BCUT2D eigenvalue weighted by molar-refractivity contribution is -0.145. The van der Waals surface area contributed by atoms with Crippen LogP contribution < -0.4 is 5.32 Å². The van der Waals surface area contributed by atoms with Crippen LogP contribution in [0.3, 0.4) is 0 Å². The SMILES string of the molecule is CC(C)CN1CCC2(CC1)CNCC2C(=O)O. The minimum absolute atomic E-state index is 0.0271. The van der Waals surface area contributed by atoms with Crippen LogP contribution in [0.25, 0.3) is 0 Å². The highest BCUT2D eigenvalue weighted by atomic mass is 16.4. The van der Waals surface area contributed by atoms with Gasteiger partial charge in [-0.15, -0.1) is 0 Å². The number of nitrogens with zero attached hydrogens (tertiary/aromatic N) is 1. The smallest absolute Gasteiger partial charge is 0.308 e. The Hall–Kier alpha value is -0.610. The van der Waals surface area contributed by atoms with Gasteiger partial charge in [-0.05, 0) is 37.3 Å². The van der Waals surface area contributed by atoms with Crippen LogP contribution in [0.5, 0.6) is 0 Å². The molecule has 0 aliphatic carbocycles.